The summed E-state index contributed by atoms with van der Waals surface area (Å²) in [5, 5.41) is 0. The molecule has 0 radical (unpaired) electrons. The lowest BCUT2D eigenvalue weighted by Gasteiger charge is -2.20. The normalized spacial score (nSPS) is 26.2. The molecule has 4 heteroatoms. The fourth-order valence-electron chi connectivity index (χ4n) is 2.10. The van der Waals surface area contributed by atoms with E-state index in [4.69, 9.17) is 9.47 Å². The minimum absolute atomic E-state index is 0.0706. The Morgan fingerprint density at radius 2 is 1.76 bits per heavy atom. The molecule has 0 aromatic heterocycles. The molecule has 0 spiro atoms. The van der Waals surface area contributed by atoms with Gasteiger partial charge in [-0.25, -0.2) is 0 Å². The smallest absolute Gasteiger partial charge is 0.310 e. The molecule has 1 aliphatic carbocycles. The topological polar surface area (TPSA) is 52.6 Å². The van der Waals surface area contributed by atoms with E-state index in [-0.39, 0.29) is 29.2 Å². The Morgan fingerprint density at radius 1 is 1.24 bits per heavy atom. The van der Waals surface area contributed by atoms with Gasteiger partial charge in [0.25, 0.3) is 0 Å². The van der Waals surface area contributed by atoms with E-state index in [1.165, 1.54) is 6.92 Å². The lowest BCUT2D eigenvalue weighted by atomic mass is 10.1. The second-order valence-electron chi connectivity index (χ2n) is 6.24. The highest BCUT2D eigenvalue weighted by Crippen LogP contribution is 2.59. The summed E-state index contributed by atoms with van der Waals surface area (Å²) in [4.78, 5) is 22.7. The van der Waals surface area contributed by atoms with Crippen molar-refractivity contribution in [1.29, 1.82) is 0 Å². The van der Waals surface area contributed by atoms with Gasteiger partial charge in [0.2, 0.25) is 0 Å². The van der Waals surface area contributed by atoms with Crippen LogP contribution in [0.3, 0.4) is 0 Å². The number of hydrogen-bond donors (Lipinski definition) is 0. The molecule has 1 aliphatic rings. The molecule has 2 atom stereocenters. The zero-order valence-electron chi connectivity index (χ0n) is 11.5. The molecular weight excluding hydrogens is 220 g/mol. The van der Waals surface area contributed by atoms with Crippen LogP contribution < -0.4 is 0 Å². The molecule has 2 unspecified atom stereocenters. The van der Waals surface area contributed by atoms with Gasteiger partial charge in [-0.3, -0.25) is 9.59 Å². The predicted octanol–water partition coefficient (Wildman–Crippen LogP) is 2.16. The lowest BCUT2D eigenvalue weighted by molar-refractivity contribution is -0.158. The van der Waals surface area contributed by atoms with Crippen LogP contribution >= 0.6 is 0 Å². The van der Waals surface area contributed by atoms with Crippen LogP contribution in [0.1, 0.15) is 41.5 Å². The van der Waals surface area contributed by atoms with Gasteiger partial charge >= 0.3 is 11.9 Å². The fraction of sp³-hybridized carbons (Fsp3) is 0.846. The van der Waals surface area contributed by atoms with Crippen molar-refractivity contribution in [3.8, 4) is 0 Å². The quantitative estimate of drug-likeness (QED) is 0.712. The van der Waals surface area contributed by atoms with Crippen molar-refractivity contribution in [1.82, 2.24) is 0 Å². The summed E-state index contributed by atoms with van der Waals surface area (Å²) in [6.07, 6.45) is 0. The monoisotopic (exact) mass is 242 g/mol. The number of ether oxygens (including phenoxy) is 2. The van der Waals surface area contributed by atoms with E-state index < -0.39 is 5.60 Å². The molecule has 1 saturated carbocycles. The third-order valence-electron chi connectivity index (χ3n) is 3.18. The Bertz CT molecular complexity index is 325. The molecule has 98 valence electrons. The summed E-state index contributed by atoms with van der Waals surface area (Å²) in [7, 11) is 0. The molecule has 0 heterocycles. The molecule has 0 amide bonds. The Hall–Kier alpha value is -1.06. The van der Waals surface area contributed by atoms with Gasteiger partial charge in [0.05, 0.1) is 12.5 Å². The summed E-state index contributed by atoms with van der Waals surface area (Å²) >= 11 is 0. The van der Waals surface area contributed by atoms with Crippen molar-refractivity contribution in [2.45, 2.75) is 47.1 Å². The summed E-state index contributed by atoms with van der Waals surface area (Å²) in [5.41, 5.74) is -0.612. The highest BCUT2D eigenvalue weighted by molar-refractivity contribution is 5.78. The third kappa shape index (κ3) is 3.45. The van der Waals surface area contributed by atoms with E-state index in [1.54, 1.807) is 0 Å². The molecule has 4 nitrogen and oxygen atoms in total. The maximum atomic E-state index is 11.9. The lowest BCUT2D eigenvalue weighted by Crippen LogP contribution is -2.26. The minimum Gasteiger partial charge on any atom is -0.466 e. The molecule has 1 rings (SSSR count). The Balaban J connectivity index is 2.55. The van der Waals surface area contributed by atoms with Gasteiger partial charge in [-0.2, -0.15) is 0 Å². The Labute approximate surface area is 103 Å². The van der Waals surface area contributed by atoms with Gasteiger partial charge < -0.3 is 9.47 Å². The fourth-order valence-corrected chi connectivity index (χ4v) is 2.10. The number of rotatable bonds is 3. The average Bonchev–Trinajstić information content (AvgIpc) is 2.61. The van der Waals surface area contributed by atoms with Crippen LogP contribution in [0.25, 0.3) is 0 Å². The van der Waals surface area contributed by atoms with Gasteiger partial charge in [-0.05, 0) is 26.2 Å². The van der Waals surface area contributed by atoms with Gasteiger partial charge in [-0.15, -0.1) is 0 Å². The summed E-state index contributed by atoms with van der Waals surface area (Å²) in [6, 6.07) is 0. The van der Waals surface area contributed by atoms with Crippen molar-refractivity contribution >= 4 is 11.9 Å². The van der Waals surface area contributed by atoms with E-state index in [0.29, 0.717) is 6.61 Å². The molecule has 0 bridgehead atoms. The first-order chi connectivity index (χ1) is 7.55. The van der Waals surface area contributed by atoms with Gasteiger partial charge in [0.15, 0.2) is 0 Å². The maximum Gasteiger partial charge on any atom is 0.310 e. The number of hydrogen-bond acceptors (Lipinski definition) is 4. The van der Waals surface area contributed by atoms with Crippen molar-refractivity contribution in [2.24, 2.45) is 17.3 Å². The van der Waals surface area contributed by atoms with E-state index in [0.717, 1.165) is 0 Å². The molecule has 0 aliphatic heterocycles. The van der Waals surface area contributed by atoms with E-state index in [1.807, 2.05) is 34.6 Å². The van der Waals surface area contributed by atoms with Crippen LogP contribution in [0.15, 0.2) is 0 Å². The highest BCUT2D eigenvalue weighted by Gasteiger charge is 2.63. The molecule has 17 heavy (non-hydrogen) atoms. The molecule has 0 N–H and O–H groups in total. The molecule has 0 aromatic carbocycles. The molecular formula is C13H22O4. The van der Waals surface area contributed by atoms with Crippen LogP contribution in [-0.4, -0.2) is 24.1 Å². The largest absolute Gasteiger partial charge is 0.466 e. The highest BCUT2D eigenvalue weighted by atomic mass is 16.6. The van der Waals surface area contributed by atoms with Crippen LogP contribution in [0, 0.1) is 17.3 Å². The summed E-state index contributed by atoms with van der Waals surface area (Å²) < 4.78 is 10.3. The van der Waals surface area contributed by atoms with E-state index in [2.05, 4.69) is 0 Å². The second-order valence-corrected chi connectivity index (χ2v) is 6.24. The first-order valence-electron chi connectivity index (χ1n) is 5.92. The minimum atomic E-state index is -0.470. The average molecular weight is 242 g/mol. The molecule has 0 aromatic rings. The first-order valence-corrected chi connectivity index (χ1v) is 5.92. The van der Waals surface area contributed by atoms with E-state index in [9.17, 15) is 9.59 Å². The molecule has 0 saturated heterocycles. The Morgan fingerprint density at radius 3 is 2.18 bits per heavy atom. The van der Waals surface area contributed by atoms with Crippen molar-refractivity contribution in [3.63, 3.8) is 0 Å². The van der Waals surface area contributed by atoms with Crippen LogP contribution in [0.2, 0.25) is 0 Å². The van der Waals surface area contributed by atoms with Crippen LogP contribution in [0.5, 0.6) is 0 Å². The predicted molar refractivity (Wildman–Crippen MR) is 63.2 cm³/mol. The van der Waals surface area contributed by atoms with Crippen molar-refractivity contribution < 1.29 is 19.1 Å². The zero-order valence-corrected chi connectivity index (χ0v) is 11.5. The van der Waals surface area contributed by atoms with Crippen LogP contribution in [-0.2, 0) is 19.1 Å². The summed E-state index contributed by atoms with van der Waals surface area (Å²) in [6.45, 7) is 11.2. The number of carbonyl (C=O) groups excluding carboxylic acids is 2. The van der Waals surface area contributed by atoms with Gasteiger partial charge in [0, 0.05) is 12.8 Å². The standard InChI is InChI=1S/C13H22O4/c1-8(14)16-7-9-10(13(9,5)6)11(15)17-12(2,3)4/h9-10H,7H2,1-6H3. The van der Waals surface area contributed by atoms with Crippen LogP contribution in [0.4, 0.5) is 0 Å². The second kappa shape index (κ2) is 4.31. The molecule has 1 fully saturated rings. The summed E-state index contributed by atoms with van der Waals surface area (Å²) in [5.74, 6) is -0.599. The number of carbonyl (C=O) groups is 2. The van der Waals surface area contributed by atoms with Gasteiger partial charge in [0.1, 0.15) is 5.60 Å². The Kier molecular flexibility index (Phi) is 3.55. The zero-order chi connectivity index (χ0) is 13.4. The third-order valence-corrected chi connectivity index (χ3v) is 3.18. The van der Waals surface area contributed by atoms with Gasteiger partial charge in [-0.1, -0.05) is 13.8 Å². The maximum absolute atomic E-state index is 11.9. The van der Waals surface area contributed by atoms with Crippen molar-refractivity contribution in [3.05, 3.63) is 0 Å². The SMILES string of the molecule is CC(=O)OCC1C(C(=O)OC(C)(C)C)C1(C)C. The number of esters is 2. The van der Waals surface area contributed by atoms with E-state index >= 15 is 0 Å². The first kappa shape index (κ1) is 14.0. The van der Waals surface area contributed by atoms with Crippen molar-refractivity contribution in [2.75, 3.05) is 6.61 Å².